The van der Waals surface area contributed by atoms with E-state index in [1.807, 2.05) is 0 Å². The highest BCUT2D eigenvalue weighted by molar-refractivity contribution is 5.92. The van der Waals surface area contributed by atoms with Gasteiger partial charge in [-0.1, -0.05) is 19.1 Å². The van der Waals surface area contributed by atoms with Crippen molar-refractivity contribution in [2.45, 2.75) is 38.9 Å². The average molecular weight is 254 g/mol. The van der Waals surface area contributed by atoms with Crippen molar-refractivity contribution in [3.05, 3.63) is 23.8 Å². The molecule has 0 bridgehead atoms. The molecule has 5 nitrogen and oxygen atoms in total. The summed E-state index contributed by atoms with van der Waals surface area (Å²) in [6.45, 7) is 6.74. The second-order valence-corrected chi connectivity index (χ2v) is 5.32. The first-order chi connectivity index (χ1) is 8.10. The van der Waals surface area contributed by atoms with Gasteiger partial charge in [0.15, 0.2) is 5.60 Å². The van der Waals surface area contributed by atoms with E-state index >= 15 is 0 Å². The van der Waals surface area contributed by atoms with E-state index in [4.69, 9.17) is 9.84 Å². The summed E-state index contributed by atoms with van der Waals surface area (Å²) < 4.78 is 5.63. The van der Waals surface area contributed by atoms with Gasteiger partial charge in [0.2, 0.25) is 0 Å². The molecule has 0 radical (unpaired) electrons. The maximum absolute atomic E-state index is 11.5. The Morgan fingerprint density at radius 2 is 1.89 bits per heavy atom. The Morgan fingerprint density at radius 1 is 1.33 bits per heavy atom. The number of carboxylic acid groups (broad SMARTS) is 2. The van der Waals surface area contributed by atoms with Gasteiger partial charge in [-0.25, -0.2) is 9.59 Å². The highest BCUT2D eigenvalue weighted by Gasteiger charge is 2.49. The van der Waals surface area contributed by atoms with Gasteiger partial charge in [0.1, 0.15) is 0 Å². The van der Waals surface area contributed by atoms with Gasteiger partial charge in [-0.3, -0.25) is 0 Å². The number of allylic oxidation sites excluding steroid dienone is 2. The van der Waals surface area contributed by atoms with Crippen LogP contribution in [0.1, 0.15) is 27.7 Å². The number of carbonyl (C=O) groups is 2. The van der Waals surface area contributed by atoms with Crippen LogP contribution in [-0.4, -0.2) is 33.4 Å². The van der Waals surface area contributed by atoms with Crippen LogP contribution in [-0.2, 0) is 14.3 Å². The second-order valence-electron chi connectivity index (χ2n) is 5.32. The van der Waals surface area contributed by atoms with Gasteiger partial charge >= 0.3 is 11.9 Å². The van der Waals surface area contributed by atoms with E-state index in [2.05, 4.69) is 0 Å². The van der Waals surface area contributed by atoms with E-state index in [9.17, 15) is 14.7 Å². The molecule has 0 fully saturated rings. The van der Waals surface area contributed by atoms with Crippen molar-refractivity contribution >= 4 is 11.9 Å². The van der Waals surface area contributed by atoms with Crippen molar-refractivity contribution in [1.29, 1.82) is 0 Å². The van der Waals surface area contributed by atoms with Crippen LogP contribution >= 0.6 is 0 Å². The molecule has 0 aromatic rings. The number of hydrogen-bond donors (Lipinski definition) is 2. The highest BCUT2D eigenvalue weighted by atomic mass is 16.5. The molecule has 0 aromatic heterocycles. The summed E-state index contributed by atoms with van der Waals surface area (Å²) in [5.41, 5.74) is -2.30. The van der Waals surface area contributed by atoms with Crippen molar-refractivity contribution in [3.63, 3.8) is 0 Å². The summed E-state index contributed by atoms with van der Waals surface area (Å²) in [5, 5.41) is 18.5. The lowest BCUT2D eigenvalue weighted by Crippen LogP contribution is -2.52. The molecular weight excluding hydrogens is 236 g/mol. The van der Waals surface area contributed by atoms with Crippen LogP contribution in [0.2, 0.25) is 0 Å². The fourth-order valence-corrected chi connectivity index (χ4v) is 2.00. The van der Waals surface area contributed by atoms with Crippen LogP contribution in [0.5, 0.6) is 0 Å². The maximum atomic E-state index is 11.5. The van der Waals surface area contributed by atoms with E-state index in [1.54, 1.807) is 27.7 Å². The average Bonchev–Trinajstić information content (AvgIpc) is 2.18. The number of hydrogen-bond acceptors (Lipinski definition) is 3. The normalized spacial score (nSPS) is 27.8. The summed E-state index contributed by atoms with van der Waals surface area (Å²) in [6.07, 6.45) is 4.22. The van der Waals surface area contributed by atoms with Crippen molar-refractivity contribution < 1.29 is 24.5 Å². The minimum atomic E-state index is -1.64. The fourth-order valence-electron chi connectivity index (χ4n) is 2.00. The maximum Gasteiger partial charge on any atom is 0.340 e. The summed E-state index contributed by atoms with van der Waals surface area (Å²) in [6, 6.07) is 0. The molecule has 2 N–H and O–H groups in total. The predicted octanol–water partition coefficient (Wildman–Crippen LogP) is 1.84. The molecule has 18 heavy (non-hydrogen) atoms. The van der Waals surface area contributed by atoms with Crippen molar-refractivity contribution in [2.75, 3.05) is 0 Å². The van der Waals surface area contributed by atoms with Crippen molar-refractivity contribution in [2.24, 2.45) is 5.92 Å². The molecule has 1 unspecified atom stereocenters. The van der Waals surface area contributed by atoms with Crippen LogP contribution in [0.15, 0.2) is 23.8 Å². The zero-order valence-corrected chi connectivity index (χ0v) is 10.9. The van der Waals surface area contributed by atoms with E-state index < -0.39 is 29.1 Å². The predicted molar refractivity (Wildman–Crippen MR) is 65.2 cm³/mol. The molecule has 1 aliphatic carbocycles. The van der Waals surface area contributed by atoms with Gasteiger partial charge < -0.3 is 14.9 Å². The Hall–Kier alpha value is -1.62. The minimum Gasteiger partial charge on any atom is -0.479 e. The second kappa shape index (κ2) is 4.57. The van der Waals surface area contributed by atoms with E-state index in [0.29, 0.717) is 0 Å². The first kappa shape index (κ1) is 14.4. The first-order valence-corrected chi connectivity index (χ1v) is 5.66. The zero-order valence-electron chi connectivity index (χ0n) is 10.9. The van der Waals surface area contributed by atoms with Gasteiger partial charge in [-0.2, -0.15) is 0 Å². The van der Waals surface area contributed by atoms with Gasteiger partial charge in [0.05, 0.1) is 5.60 Å². The zero-order chi connectivity index (χ0) is 14.1. The highest BCUT2D eigenvalue weighted by Crippen LogP contribution is 2.36. The van der Waals surface area contributed by atoms with Crippen LogP contribution in [0.25, 0.3) is 0 Å². The number of aliphatic carboxylic acids is 2. The van der Waals surface area contributed by atoms with Crippen molar-refractivity contribution in [3.8, 4) is 0 Å². The Morgan fingerprint density at radius 3 is 2.28 bits per heavy atom. The third kappa shape index (κ3) is 2.61. The van der Waals surface area contributed by atoms with Crippen LogP contribution in [0.3, 0.4) is 0 Å². The monoisotopic (exact) mass is 254 g/mol. The topological polar surface area (TPSA) is 83.8 Å². The van der Waals surface area contributed by atoms with E-state index in [0.717, 1.165) is 0 Å². The first-order valence-electron chi connectivity index (χ1n) is 5.66. The van der Waals surface area contributed by atoms with Gasteiger partial charge in [-0.05, 0) is 26.8 Å². The fraction of sp³-hybridized carbons (Fsp3) is 0.538. The molecule has 2 atom stereocenters. The minimum absolute atomic E-state index is 0.0316. The largest absolute Gasteiger partial charge is 0.479 e. The Bertz CT molecular complexity index is 427. The lowest BCUT2D eigenvalue weighted by molar-refractivity contribution is -0.181. The molecule has 1 rings (SSSR count). The summed E-state index contributed by atoms with van der Waals surface area (Å²) >= 11 is 0. The molecule has 0 amide bonds. The molecule has 1 aliphatic rings. The quantitative estimate of drug-likeness (QED) is 0.802. The third-order valence-electron chi connectivity index (χ3n) is 2.79. The Balaban J connectivity index is 3.23. The van der Waals surface area contributed by atoms with E-state index in [1.165, 1.54) is 18.2 Å². The van der Waals surface area contributed by atoms with Crippen molar-refractivity contribution in [1.82, 2.24) is 0 Å². The summed E-state index contributed by atoms with van der Waals surface area (Å²) in [5.74, 6) is -3.08. The Labute approximate surface area is 106 Å². The van der Waals surface area contributed by atoms with E-state index in [-0.39, 0.29) is 5.57 Å². The van der Waals surface area contributed by atoms with Gasteiger partial charge in [-0.15, -0.1) is 0 Å². The molecule has 0 heterocycles. The molecule has 0 saturated carbocycles. The lowest BCUT2D eigenvalue weighted by atomic mass is 9.79. The molecule has 100 valence electrons. The molecule has 0 spiro atoms. The standard InChI is InChI=1S/C13H18O5/c1-8-9(10(14)15)6-5-7-13(8,11(16)17)18-12(2,3)4/h5-8H,1-4H3,(H,14,15)(H,16,17)/t8-,13?/m1/s1. The molecule has 0 aromatic carbocycles. The third-order valence-corrected chi connectivity index (χ3v) is 2.79. The van der Waals surface area contributed by atoms with Crippen LogP contribution in [0.4, 0.5) is 0 Å². The number of rotatable bonds is 3. The Kier molecular flexibility index (Phi) is 3.67. The molecule has 0 aliphatic heterocycles. The van der Waals surface area contributed by atoms with Crippen LogP contribution in [0, 0.1) is 5.92 Å². The summed E-state index contributed by atoms with van der Waals surface area (Å²) in [4.78, 5) is 22.6. The molecule has 5 heteroatoms. The van der Waals surface area contributed by atoms with Crippen LogP contribution < -0.4 is 0 Å². The smallest absolute Gasteiger partial charge is 0.340 e. The lowest BCUT2D eigenvalue weighted by Gasteiger charge is -2.39. The SMILES string of the molecule is C[C@@H]1C(C(=O)O)=CC=CC1(OC(C)(C)C)C(=O)O. The van der Waals surface area contributed by atoms with Gasteiger partial charge in [0.25, 0.3) is 0 Å². The number of ether oxygens (including phenoxy) is 1. The summed E-state index contributed by atoms with van der Waals surface area (Å²) in [7, 11) is 0. The number of carboxylic acids is 2. The molecule has 0 saturated heterocycles. The van der Waals surface area contributed by atoms with Gasteiger partial charge in [0, 0.05) is 11.5 Å². The molecular formula is C13H18O5.